The Bertz CT molecular complexity index is 1050. The van der Waals surface area contributed by atoms with Gasteiger partial charge in [0.25, 0.3) is 5.91 Å². The lowest BCUT2D eigenvalue weighted by Gasteiger charge is -2.15. The Balaban J connectivity index is 1.65. The molecular formula is C24H26ClNO4S2. The van der Waals surface area contributed by atoms with E-state index in [-0.39, 0.29) is 5.91 Å². The van der Waals surface area contributed by atoms with Crippen LogP contribution in [-0.4, -0.2) is 42.0 Å². The van der Waals surface area contributed by atoms with Gasteiger partial charge in [0.15, 0.2) is 11.5 Å². The molecule has 0 N–H and O–H groups in total. The molecule has 2 aromatic carbocycles. The maximum absolute atomic E-state index is 12.3. The van der Waals surface area contributed by atoms with Crippen molar-refractivity contribution in [1.29, 1.82) is 0 Å². The van der Waals surface area contributed by atoms with Crippen molar-refractivity contribution < 1.29 is 19.0 Å². The van der Waals surface area contributed by atoms with Crippen LogP contribution in [0.4, 0.5) is 0 Å². The second kappa shape index (κ2) is 11.1. The molecule has 1 fully saturated rings. The lowest BCUT2D eigenvalue weighted by Crippen LogP contribution is -2.22. The number of carbonyl (C=O) groups excluding carboxylic acids is 1. The van der Waals surface area contributed by atoms with Crippen LogP contribution < -0.4 is 14.2 Å². The first-order valence-electron chi connectivity index (χ1n) is 10.3. The first-order chi connectivity index (χ1) is 15.3. The number of aryl methyl sites for hydroxylation is 1. The molecule has 0 spiro atoms. The minimum absolute atomic E-state index is 0.127. The lowest BCUT2D eigenvalue weighted by molar-refractivity contribution is -0.121. The molecule has 0 radical (unpaired) electrons. The van der Waals surface area contributed by atoms with Crippen LogP contribution in [0.25, 0.3) is 6.08 Å². The number of thioether (sulfide) groups is 1. The van der Waals surface area contributed by atoms with Crippen molar-refractivity contribution in [3.05, 3.63) is 56.9 Å². The largest absolute Gasteiger partial charge is 0.493 e. The molecule has 0 saturated carbocycles. The summed E-state index contributed by atoms with van der Waals surface area (Å²) < 4.78 is 18.1. The summed E-state index contributed by atoms with van der Waals surface area (Å²) in [5, 5.41) is 0.421. The Morgan fingerprint density at radius 3 is 2.56 bits per heavy atom. The third-order valence-corrected chi connectivity index (χ3v) is 6.73. The van der Waals surface area contributed by atoms with E-state index in [4.69, 9.17) is 38.0 Å². The van der Waals surface area contributed by atoms with Crippen LogP contribution in [0.5, 0.6) is 17.2 Å². The maximum atomic E-state index is 12.3. The molecular weight excluding hydrogens is 466 g/mol. The summed E-state index contributed by atoms with van der Waals surface area (Å²) in [6.07, 6.45) is 2.45. The highest BCUT2D eigenvalue weighted by molar-refractivity contribution is 8.26. The number of hydrogen-bond acceptors (Lipinski definition) is 6. The van der Waals surface area contributed by atoms with E-state index in [9.17, 15) is 4.79 Å². The lowest BCUT2D eigenvalue weighted by atomic mass is 10.1. The van der Waals surface area contributed by atoms with Gasteiger partial charge < -0.3 is 14.2 Å². The van der Waals surface area contributed by atoms with Gasteiger partial charge in [0, 0.05) is 13.5 Å². The van der Waals surface area contributed by atoms with Crippen molar-refractivity contribution in [2.75, 3.05) is 26.9 Å². The van der Waals surface area contributed by atoms with Gasteiger partial charge in [0.2, 0.25) is 0 Å². The minimum atomic E-state index is -0.127. The number of rotatable bonds is 9. The number of carbonyl (C=O) groups is 1. The summed E-state index contributed by atoms with van der Waals surface area (Å²) in [5.74, 6) is 1.78. The van der Waals surface area contributed by atoms with Gasteiger partial charge in [-0.1, -0.05) is 47.7 Å². The summed E-state index contributed by atoms with van der Waals surface area (Å²) >= 11 is 13.0. The number of halogens is 1. The van der Waals surface area contributed by atoms with Crippen molar-refractivity contribution in [3.8, 4) is 17.2 Å². The molecule has 5 nitrogen and oxygen atoms in total. The molecule has 1 heterocycles. The molecule has 0 aromatic heterocycles. The molecule has 1 aliphatic rings. The molecule has 0 bridgehead atoms. The Morgan fingerprint density at radius 1 is 1.12 bits per heavy atom. The predicted molar refractivity (Wildman–Crippen MR) is 135 cm³/mol. The number of amides is 1. The van der Waals surface area contributed by atoms with Gasteiger partial charge in [-0.25, -0.2) is 0 Å². The van der Waals surface area contributed by atoms with Crippen LogP contribution in [0, 0.1) is 13.8 Å². The topological polar surface area (TPSA) is 48.0 Å². The van der Waals surface area contributed by atoms with E-state index in [2.05, 4.69) is 19.9 Å². The molecule has 170 valence electrons. The molecule has 0 unspecified atom stereocenters. The van der Waals surface area contributed by atoms with Crippen molar-refractivity contribution in [2.24, 2.45) is 0 Å². The fraction of sp³-hybridized carbons (Fsp3) is 0.333. The fourth-order valence-corrected chi connectivity index (χ4v) is 4.52. The first kappa shape index (κ1) is 24.4. The zero-order chi connectivity index (χ0) is 23.3. The number of likely N-dealkylation sites (N-methyl/N-ethyl adjacent to an activating group) is 1. The monoisotopic (exact) mass is 491 g/mol. The number of nitrogens with zero attached hydrogens (tertiary/aromatic N) is 1. The summed E-state index contributed by atoms with van der Waals surface area (Å²) in [7, 11) is 1.66. The summed E-state index contributed by atoms with van der Waals surface area (Å²) in [6.45, 7) is 7.43. The number of ether oxygens (including phenoxy) is 3. The van der Waals surface area contributed by atoms with Crippen LogP contribution in [0.2, 0.25) is 5.02 Å². The standard InChI is InChI=1S/C24H26ClNO4S2/c1-5-28-20-13-17(14-21-23(27)26(4)24(31)32-21)12-18(25)22(20)30-11-7-10-29-19-9-6-8-15(2)16(19)3/h6,8-9,12-14H,5,7,10-11H2,1-4H3/b21-14+. The first-order valence-corrected chi connectivity index (χ1v) is 11.9. The quantitative estimate of drug-likeness (QED) is 0.242. The third-order valence-electron chi connectivity index (χ3n) is 4.96. The summed E-state index contributed by atoms with van der Waals surface area (Å²) in [4.78, 5) is 14.3. The Morgan fingerprint density at radius 2 is 1.88 bits per heavy atom. The van der Waals surface area contributed by atoms with E-state index in [1.807, 2.05) is 25.1 Å². The van der Waals surface area contributed by atoms with E-state index in [1.54, 1.807) is 19.2 Å². The number of thiocarbonyl (C=S) groups is 1. The van der Waals surface area contributed by atoms with E-state index >= 15 is 0 Å². The van der Waals surface area contributed by atoms with Crippen molar-refractivity contribution in [3.63, 3.8) is 0 Å². The molecule has 0 aliphatic carbocycles. The van der Waals surface area contributed by atoms with E-state index < -0.39 is 0 Å². The van der Waals surface area contributed by atoms with E-state index in [1.165, 1.54) is 22.2 Å². The highest BCUT2D eigenvalue weighted by Crippen LogP contribution is 2.39. The van der Waals surface area contributed by atoms with E-state index in [0.717, 1.165) is 16.9 Å². The third kappa shape index (κ3) is 5.77. The molecule has 0 atom stereocenters. The van der Waals surface area contributed by atoms with Gasteiger partial charge in [-0.15, -0.1) is 0 Å². The average Bonchev–Trinajstić information content (AvgIpc) is 2.99. The predicted octanol–water partition coefficient (Wildman–Crippen LogP) is 6.03. The molecule has 32 heavy (non-hydrogen) atoms. The average molecular weight is 492 g/mol. The second-order valence-corrected chi connectivity index (χ2v) is 9.34. The zero-order valence-electron chi connectivity index (χ0n) is 18.6. The summed E-state index contributed by atoms with van der Waals surface area (Å²) in [5.41, 5.74) is 3.09. The molecule has 2 aromatic rings. The highest BCUT2D eigenvalue weighted by atomic mass is 35.5. The van der Waals surface area contributed by atoms with Crippen molar-refractivity contribution >= 4 is 51.9 Å². The molecule has 8 heteroatoms. The molecule has 1 saturated heterocycles. The van der Waals surface area contributed by atoms with Gasteiger partial charge >= 0.3 is 0 Å². The van der Waals surface area contributed by atoms with Crippen LogP contribution in [0.3, 0.4) is 0 Å². The number of benzene rings is 2. The smallest absolute Gasteiger partial charge is 0.265 e. The van der Waals surface area contributed by atoms with Crippen LogP contribution in [0.1, 0.15) is 30.0 Å². The second-order valence-electron chi connectivity index (χ2n) is 7.25. The Kier molecular flexibility index (Phi) is 8.45. The van der Waals surface area contributed by atoms with Crippen LogP contribution in [0.15, 0.2) is 35.2 Å². The van der Waals surface area contributed by atoms with Crippen molar-refractivity contribution in [1.82, 2.24) is 4.90 Å². The van der Waals surface area contributed by atoms with Gasteiger partial charge in [0.1, 0.15) is 10.1 Å². The summed E-state index contributed by atoms with van der Waals surface area (Å²) in [6, 6.07) is 9.60. The molecule has 1 amide bonds. The van der Waals surface area contributed by atoms with Crippen molar-refractivity contribution in [2.45, 2.75) is 27.2 Å². The van der Waals surface area contributed by atoms with E-state index in [0.29, 0.717) is 52.0 Å². The van der Waals surface area contributed by atoms with Crippen LogP contribution in [-0.2, 0) is 4.79 Å². The minimum Gasteiger partial charge on any atom is -0.493 e. The van der Waals surface area contributed by atoms with Gasteiger partial charge in [-0.3, -0.25) is 9.69 Å². The number of hydrogen-bond donors (Lipinski definition) is 0. The van der Waals surface area contributed by atoms with Gasteiger partial charge in [-0.05, 0) is 61.7 Å². The molecule has 3 rings (SSSR count). The van der Waals surface area contributed by atoms with Crippen LogP contribution >= 0.6 is 35.6 Å². The zero-order valence-corrected chi connectivity index (χ0v) is 21.0. The SMILES string of the molecule is CCOc1cc(/C=C2/SC(=S)N(C)C2=O)cc(Cl)c1OCCCOc1cccc(C)c1C. The highest BCUT2D eigenvalue weighted by Gasteiger charge is 2.28. The Labute approximate surface area is 203 Å². The molecule has 1 aliphatic heterocycles. The maximum Gasteiger partial charge on any atom is 0.265 e. The van der Waals surface area contributed by atoms with Gasteiger partial charge in [0.05, 0.1) is 29.7 Å². The Hall–Kier alpha value is -2.22. The normalized spacial score (nSPS) is 14.9. The van der Waals surface area contributed by atoms with Gasteiger partial charge in [-0.2, -0.15) is 0 Å². The fourth-order valence-electron chi connectivity index (χ4n) is 3.07.